The van der Waals surface area contributed by atoms with Gasteiger partial charge in [0, 0.05) is 0 Å². The summed E-state index contributed by atoms with van der Waals surface area (Å²) in [4.78, 5) is 0. The Morgan fingerprint density at radius 3 is 2.38 bits per heavy atom. The highest BCUT2D eigenvalue weighted by molar-refractivity contribution is 5.14. The summed E-state index contributed by atoms with van der Waals surface area (Å²) in [5.74, 6) is 4.03. The van der Waals surface area contributed by atoms with Gasteiger partial charge in [-0.15, -0.1) is 0 Å². The minimum absolute atomic E-state index is 0.376. The normalized spacial score (nSPS) is 58.7. The third-order valence-corrected chi connectivity index (χ3v) is 6.37. The quantitative estimate of drug-likeness (QED) is 0.665. The van der Waals surface area contributed by atoms with Gasteiger partial charge in [0.1, 0.15) is 0 Å². The summed E-state index contributed by atoms with van der Waals surface area (Å²) in [6.45, 7) is 9.41. The lowest BCUT2D eigenvalue weighted by atomic mass is 9.74. The van der Waals surface area contributed by atoms with Gasteiger partial charge in [-0.05, 0) is 61.2 Å². The minimum Gasteiger partial charge on any atom is -0.390 e. The lowest BCUT2D eigenvalue weighted by Gasteiger charge is -2.35. The van der Waals surface area contributed by atoms with Crippen LogP contribution in [0.3, 0.4) is 0 Å². The highest BCUT2D eigenvalue weighted by Crippen LogP contribution is 2.71. The van der Waals surface area contributed by atoms with E-state index in [9.17, 15) is 5.11 Å². The third kappa shape index (κ3) is 1.27. The molecule has 16 heavy (non-hydrogen) atoms. The molecule has 92 valence electrons. The Hall–Kier alpha value is -0.0400. The topological polar surface area (TPSA) is 20.2 Å². The molecule has 0 aromatic rings. The third-order valence-electron chi connectivity index (χ3n) is 6.37. The van der Waals surface area contributed by atoms with Gasteiger partial charge in [0.2, 0.25) is 0 Å². The maximum absolute atomic E-state index is 10.7. The molecule has 0 heterocycles. The molecule has 3 saturated carbocycles. The van der Waals surface area contributed by atoms with Crippen LogP contribution in [-0.4, -0.2) is 10.7 Å². The van der Waals surface area contributed by atoms with Crippen LogP contribution in [-0.2, 0) is 0 Å². The van der Waals surface area contributed by atoms with Crippen LogP contribution >= 0.6 is 0 Å². The van der Waals surface area contributed by atoms with Crippen LogP contribution in [0, 0.1) is 35.0 Å². The monoisotopic (exact) mass is 222 g/mol. The van der Waals surface area contributed by atoms with Crippen molar-refractivity contribution in [3.8, 4) is 0 Å². The van der Waals surface area contributed by atoms with Crippen LogP contribution in [0.15, 0.2) is 0 Å². The first-order valence-electron chi connectivity index (χ1n) is 7.08. The first-order valence-corrected chi connectivity index (χ1v) is 7.08. The van der Waals surface area contributed by atoms with Gasteiger partial charge in [-0.25, -0.2) is 0 Å². The standard InChI is InChI=1S/C15H26O/c1-9-5-6-10-12(9)13-11(14(13,2)3)7-8-15(10,4)16/h9-13,16H,5-8H2,1-4H3/t9-,10?,11+,12?,13+,15?/m1/s1. The molecule has 6 atom stereocenters. The SMILES string of the molecule is C[C@@H]1CCC2C1[C@@H]1[C@H](CCC2(C)O)C1(C)C. The summed E-state index contributed by atoms with van der Waals surface area (Å²) < 4.78 is 0. The summed E-state index contributed by atoms with van der Waals surface area (Å²) in [6, 6.07) is 0. The van der Waals surface area contributed by atoms with Gasteiger partial charge in [-0.3, -0.25) is 0 Å². The number of hydrogen-bond donors (Lipinski definition) is 1. The minimum atomic E-state index is -0.376. The predicted octanol–water partition coefficient (Wildman–Crippen LogP) is 3.47. The van der Waals surface area contributed by atoms with E-state index in [1.807, 2.05) is 0 Å². The largest absolute Gasteiger partial charge is 0.390 e. The summed E-state index contributed by atoms with van der Waals surface area (Å²) in [7, 11) is 0. The van der Waals surface area contributed by atoms with E-state index in [0.717, 1.165) is 30.1 Å². The van der Waals surface area contributed by atoms with Gasteiger partial charge in [-0.1, -0.05) is 27.2 Å². The van der Waals surface area contributed by atoms with Crippen molar-refractivity contribution in [3.63, 3.8) is 0 Å². The second kappa shape index (κ2) is 3.04. The van der Waals surface area contributed by atoms with Crippen LogP contribution in [0.2, 0.25) is 0 Å². The highest BCUT2D eigenvalue weighted by atomic mass is 16.3. The Kier molecular flexibility index (Phi) is 2.11. The summed E-state index contributed by atoms with van der Waals surface area (Å²) >= 11 is 0. The van der Waals surface area contributed by atoms with Crippen molar-refractivity contribution in [3.05, 3.63) is 0 Å². The van der Waals surface area contributed by atoms with Crippen LogP contribution < -0.4 is 0 Å². The van der Waals surface area contributed by atoms with E-state index >= 15 is 0 Å². The van der Waals surface area contributed by atoms with Crippen molar-refractivity contribution in [2.45, 2.75) is 59.0 Å². The maximum Gasteiger partial charge on any atom is 0.0650 e. The Bertz CT molecular complexity index is 305. The Balaban J connectivity index is 1.94. The van der Waals surface area contributed by atoms with E-state index < -0.39 is 0 Å². The van der Waals surface area contributed by atoms with Gasteiger partial charge in [0.25, 0.3) is 0 Å². The zero-order valence-electron chi connectivity index (χ0n) is 11.2. The molecule has 3 unspecified atom stereocenters. The summed E-state index contributed by atoms with van der Waals surface area (Å²) in [5.41, 5.74) is 0.191. The smallest absolute Gasteiger partial charge is 0.0650 e. The molecule has 3 fully saturated rings. The van der Waals surface area contributed by atoms with Crippen molar-refractivity contribution in [2.24, 2.45) is 35.0 Å². The molecule has 3 rings (SSSR count). The molecule has 0 aromatic heterocycles. The average molecular weight is 222 g/mol. The van der Waals surface area contributed by atoms with Crippen LogP contribution in [0.4, 0.5) is 0 Å². The molecule has 0 bridgehead atoms. The number of rotatable bonds is 0. The molecule has 0 spiro atoms. The fraction of sp³-hybridized carbons (Fsp3) is 1.00. The lowest BCUT2D eigenvalue weighted by molar-refractivity contribution is -0.0302. The fourth-order valence-electron chi connectivity index (χ4n) is 5.29. The molecule has 1 heteroatoms. The van der Waals surface area contributed by atoms with E-state index in [1.165, 1.54) is 19.3 Å². The molecule has 0 saturated heterocycles. The summed E-state index contributed by atoms with van der Waals surface area (Å²) in [6.07, 6.45) is 4.89. The molecule has 1 N–H and O–H groups in total. The average Bonchev–Trinajstić information content (AvgIpc) is 2.51. The number of fused-ring (bicyclic) bond motifs is 3. The summed E-state index contributed by atoms with van der Waals surface area (Å²) in [5, 5.41) is 10.7. The zero-order chi connectivity index (χ0) is 11.7. The Morgan fingerprint density at radius 2 is 1.69 bits per heavy atom. The van der Waals surface area contributed by atoms with E-state index in [1.54, 1.807) is 0 Å². The zero-order valence-corrected chi connectivity index (χ0v) is 11.2. The molecule has 0 aliphatic heterocycles. The molecular weight excluding hydrogens is 196 g/mol. The van der Waals surface area contributed by atoms with Crippen LogP contribution in [0.25, 0.3) is 0 Å². The van der Waals surface area contributed by atoms with Crippen LogP contribution in [0.1, 0.15) is 53.4 Å². The van der Waals surface area contributed by atoms with Gasteiger partial charge < -0.3 is 5.11 Å². The highest BCUT2D eigenvalue weighted by Gasteiger charge is 2.66. The van der Waals surface area contributed by atoms with E-state index in [0.29, 0.717) is 11.3 Å². The maximum atomic E-state index is 10.7. The van der Waals surface area contributed by atoms with E-state index in [2.05, 4.69) is 27.7 Å². The molecule has 0 amide bonds. The fourth-order valence-corrected chi connectivity index (χ4v) is 5.29. The Labute approximate surface area is 99.6 Å². The van der Waals surface area contributed by atoms with E-state index in [-0.39, 0.29) is 5.60 Å². The molecule has 3 aliphatic rings. The van der Waals surface area contributed by atoms with Crippen LogP contribution in [0.5, 0.6) is 0 Å². The van der Waals surface area contributed by atoms with Gasteiger partial charge >= 0.3 is 0 Å². The Morgan fingerprint density at radius 1 is 1.00 bits per heavy atom. The van der Waals surface area contributed by atoms with Gasteiger partial charge in [0.05, 0.1) is 5.60 Å². The van der Waals surface area contributed by atoms with Crippen molar-refractivity contribution in [1.82, 2.24) is 0 Å². The lowest BCUT2D eigenvalue weighted by Crippen LogP contribution is -2.38. The number of aliphatic hydroxyl groups is 1. The van der Waals surface area contributed by atoms with Crippen molar-refractivity contribution in [2.75, 3.05) is 0 Å². The number of hydrogen-bond acceptors (Lipinski definition) is 1. The van der Waals surface area contributed by atoms with Gasteiger partial charge in [-0.2, -0.15) is 0 Å². The first-order chi connectivity index (χ1) is 7.36. The van der Waals surface area contributed by atoms with Crippen molar-refractivity contribution < 1.29 is 5.11 Å². The second-order valence-electron chi connectivity index (χ2n) is 7.59. The predicted molar refractivity (Wildman–Crippen MR) is 66.0 cm³/mol. The molecule has 0 radical (unpaired) electrons. The molecule has 1 nitrogen and oxygen atoms in total. The second-order valence-corrected chi connectivity index (χ2v) is 7.59. The molecular formula is C15H26O. The van der Waals surface area contributed by atoms with Gasteiger partial charge in [0.15, 0.2) is 0 Å². The molecule has 0 aromatic carbocycles. The van der Waals surface area contributed by atoms with E-state index in [4.69, 9.17) is 0 Å². The van der Waals surface area contributed by atoms with Crippen molar-refractivity contribution in [1.29, 1.82) is 0 Å². The first kappa shape index (κ1) is 11.1. The van der Waals surface area contributed by atoms with Crippen molar-refractivity contribution >= 4 is 0 Å². The molecule has 3 aliphatic carbocycles.